The van der Waals surface area contributed by atoms with Crippen LogP contribution in [-0.4, -0.2) is 18.9 Å². The summed E-state index contributed by atoms with van der Waals surface area (Å²) in [6.45, 7) is 1.64. The van der Waals surface area contributed by atoms with Crippen LogP contribution in [0.5, 0.6) is 0 Å². The van der Waals surface area contributed by atoms with E-state index in [2.05, 4.69) is 0 Å². The van der Waals surface area contributed by atoms with Crippen LogP contribution in [0.15, 0.2) is 18.2 Å². The topological polar surface area (TPSA) is 43.4 Å². The van der Waals surface area contributed by atoms with Gasteiger partial charge in [0.05, 0.1) is 17.7 Å². The minimum atomic E-state index is -4.57. The molecule has 104 valence electrons. The van der Waals surface area contributed by atoms with Crippen LogP contribution in [0.25, 0.3) is 0 Å². The van der Waals surface area contributed by atoms with E-state index < -0.39 is 17.7 Å². The summed E-state index contributed by atoms with van der Waals surface area (Å²) in [4.78, 5) is 22.0. The summed E-state index contributed by atoms with van der Waals surface area (Å²) in [6, 6.07) is 3.32. The maximum atomic E-state index is 12.9. The molecule has 6 heteroatoms. The smallest absolute Gasteiger partial charge is 0.416 e. The highest BCUT2D eigenvalue weighted by Gasteiger charge is 2.34. The summed E-state index contributed by atoms with van der Waals surface area (Å²) < 4.78 is 43.3. The van der Waals surface area contributed by atoms with E-state index in [1.807, 2.05) is 0 Å². The molecule has 3 nitrogen and oxygen atoms in total. The fraction of sp³-hybridized carbons (Fsp3) is 0.385. The zero-order chi connectivity index (χ0) is 14.5. The van der Waals surface area contributed by atoms with Gasteiger partial charge in [0.15, 0.2) is 0 Å². The number of benzene rings is 1. The molecule has 0 unspecified atom stereocenters. The lowest BCUT2D eigenvalue weighted by Crippen LogP contribution is -2.15. The largest absolute Gasteiger partial charge is 0.462 e. The molecule has 0 aromatic heterocycles. The first-order chi connectivity index (χ1) is 8.91. The van der Waals surface area contributed by atoms with E-state index in [4.69, 9.17) is 4.74 Å². The summed E-state index contributed by atoms with van der Waals surface area (Å²) in [5.74, 6) is -0.811. The Bertz CT molecular complexity index is 467. The molecule has 0 aliphatic carbocycles. The molecular weight excluding hydrogens is 261 g/mol. The van der Waals surface area contributed by atoms with Gasteiger partial charge < -0.3 is 9.53 Å². The predicted octanol–water partition coefficient (Wildman–Crippen LogP) is 3.01. The van der Waals surface area contributed by atoms with Crippen LogP contribution in [-0.2, 0) is 22.1 Å². The predicted molar refractivity (Wildman–Crippen MR) is 61.8 cm³/mol. The number of halogens is 3. The van der Waals surface area contributed by atoms with Gasteiger partial charge in [0.25, 0.3) is 0 Å². The average molecular weight is 274 g/mol. The van der Waals surface area contributed by atoms with Crippen molar-refractivity contribution in [2.45, 2.75) is 25.9 Å². The van der Waals surface area contributed by atoms with E-state index in [0.29, 0.717) is 6.29 Å². The molecule has 0 fully saturated rings. The Morgan fingerprint density at radius 2 is 2.05 bits per heavy atom. The van der Waals surface area contributed by atoms with Crippen LogP contribution >= 0.6 is 0 Å². The zero-order valence-electron chi connectivity index (χ0n) is 10.3. The molecule has 0 saturated carbocycles. The van der Waals surface area contributed by atoms with Crippen molar-refractivity contribution in [1.29, 1.82) is 0 Å². The third kappa shape index (κ3) is 3.81. The van der Waals surface area contributed by atoms with Crippen molar-refractivity contribution in [3.8, 4) is 0 Å². The molecule has 0 saturated heterocycles. The fourth-order valence-corrected chi connectivity index (χ4v) is 1.73. The maximum Gasteiger partial charge on any atom is 0.416 e. The standard InChI is InChI=1S/C13H13F3O3/c1-2-19-12(18)10-5-3-7-11(13(14,15)16)9(10)6-4-8-17/h3,5,7-8H,2,4,6H2,1H3. The molecule has 0 heterocycles. The highest BCUT2D eigenvalue weighted by atomic mass is 19.4. The van der Waals surface area contributed by atoms with Gasteiger partial charge in [-0.25, -0.2) is 4.79 Å². The highest BCUT2D eigenvalue weighted by Crippen LogP contribution is 2.34. The van der Waals surface area contributed by atoms with Gasteiger partial charge in [-0.05, 0) is 31.0 Å². The van der Waals surface area contributed by atoms with Crippen LogP contribution in [0, 0.1) is 0 Å². The Labute approximate surface area is 108 Å². The molecule has 0 amide bonds. The van der Waals surface area contributed by atoms with Crippen LogP contribution in [0.3, 0.4) is 0 Å². The maximum absolute atomic E-state index is 12.9. The van der Waals surface area contributed by atoms with Gasteiger partial charge in [0.1, 0.15) is 6.29 Å². The summed E-state index contributed by atoms with van der Waals surface area (Å²) in [7, 11) is 0. The highest BCUT2D eigenvalue weighted by molar-refractivity contribution is 5.91. The second-order valence-corrected chi connectivity index (χ2v) is 3.76. The van der Waals surface area contributed by atoms with E-state index in [1.54, 1.807) is 6.92 Å². The van der Waals surface area contributed by atoms with Crippen LogP contribution in [0.4, 0.5) is 13.2 Å². The Hall–Kier alpha value is -1.85. The van der Waals surface area contributed by atoms with E-state index in [-0.39, 0.29) is 30.6 Å². The quantitative estimate of drug-likeness (QED) is 0.612. The van der Waals surface area contributed by atoms with Crippen molar-refractivity contribution in [2.75, 3.05) is 6.61 Å². The second-order valence-electron chi connectivity index (χ2n) is 3.76. The molecule has 0 atom stereocenters. The van der Waals surface area contributed by atoms with E-state index in [0.717, 1.165) is 12.1 Å². The van der Waals surface area contributed by atoms with Gasteiger partial charge in [0, 0.05) is 6.42 Å². The van der Waals surface area contributed by atoms with Crippen molar-refractivity contribution in [1.82, 2.24) is 0 Å². The van der Waals surface area contributed by atoms with Crippen molar-refractivity contribution in [3.63, 3.8) is 0 Å². The lowest BCUT2D eigenvalue weighted by molar-refractivity contribution is -0.138. The third-order valence-electron chi connectivity index (χ3n) is 2.49. The van der Waals surface area contributed by atoms with Crippen LogP contribution in [0.2, 0.25) is 0 Å². The molecule has 0 aliphatic heterocycles. The van der Waals surface area contributed by atoms with Gasteiger partial charge in [-0.1, -0.05) is 6.07 Å². The van der Waals surface area contributed by atoms with Gasteiger partial charge >= 0.3 is 12.1 Å². The number of aldehydes is 1. The molecule has 0 N–H and O–H groups in total. The summed E-state index contributed by atoms with van der Waals surface area (Å²) in [6.07, 6.45) is -4.28. The molecule has 0 aliphatic rings. The summed E-state index contributed by atoms with van der Waals surface area (Å²) in [5.41, 5.74) is -1.24. The van der Waals surface area contributed by atoms with Crippen molar-refractivity contribution >= 4 is 12.3 Å². The molecular formula is C13H13F3O3. The number of alkyl halides is 3. The Morgan fingerprint density at radius 3 is 2.58 bits per heavy atom. The number of carbonyl (C=O) groups excluding carboxylic acids is 2. The van der Waals surface area contributed by atoms with Crippen molar-refractivity contribution in [2.24, 2.45) is 0 Å². The van der Waals surface area contributed by atoms with Gasteiger partial charge in [-0.15, -0.1) is 0 Å². The minimum Gasteiger partial charge on any atom is -0.462 e. The first kappa shape index (κ1) is 15.2. The zero-order valence-corrected chi connectivity index (χ0v) is 10.3. The molecule has 0 bridgehead atoms. The molecule has 1 aromatic carbocycles. The molecule has 0 spiro atoms. The molecule has 1 rings (SSSR count). The minimum absolute atomic E-state index is 0.0716. The second kappa shape index (κ2) is 6.36. The van der Waals surface area contributed by atoms with Crippen molar-refractivity contribution < 1.29 is 27.5 Å². The van der Waals surface area contributed by atoms with Crippen LogP contribution < -0.4 is 0 Å². The SMILES string of the molecule is CCOC(=O)c1cccc(C(F)(F)F)c1CCC=O. The van der Waals surface area contributed by atoms with Crippen molar-refractivity contribution in [3.05, 3.63) is 34.9 Å². The Balaban J connectivity index is 3.29. The molecule has 19 heavy (non-hydrogen) atoms. The first-order valence-corrected chi connectivity index (χ1v) is 5.71. The molecule has 0 radical (unpaired) electrons. The number of hydrogen-bond donors (Lipinski definition) is 0. The monoisotopic (exact) mass is 274 g/mol. The number of hydrogen-bond acceptors (Lipinski definition) is 3. The van der Waals surface area contributed by atoms with Gasteiger partial charge in [-0.3, -0.25) is 0 Å². The lowest BCUT2D eigenvalue weighted by Gasteiger charge is -2.15. The molecule has 1 aromatic rings. The number of carbonyl (C=O) groups is 2. The third-order valence-corrected chi connectivity index (χ3v) is 2.49. The van der Waals surface area contributed by atoms with Gasteiger partial charge in [-0.2, -0.15) is 13.2 Å². The Morgan fingerprint density at radius 1 is 1.37 bits per heavy atom. The fourth-order valence-electron chi connectivity index (χ4n) is 1.73. The number of esters is 1. The first-order valence-electron chi connectivity index (χ1n) is 5.71. The normalized spacial score (nSPS) is 11.2. The number of rotatable bonds is 5. The average Bonchev–Trinajstić information content (AvgIpc) is 2.35. The summed E-state index contributed by atoms with van der Waals surface area (Å²) in [5, 5.41) is 0. The van der Waals surface area contributed by atoms with E-state index >= 15 is 0 Å². The Kier molecular flexibility index (Phi) is 5.09. The number of ether oxygens (including phenoxy) is 1. The lowest BCUT2D eigenvalue weighted by atomic mass is 9.96. The van der Waals surface area contributed by atoms with E-state index in [1.165, 1.54) is 6.07 Å². The van der Waals surface area contributed by atoms with Crippen LogP contribution in [0.1, 0.15) is 34.8 Å². The summed E-state index contributed by atoms with van der Waals surface area (Å²) >= 11 is 0. The van der Waals surface area contributed by atoms with Gasteiger partial charge in [0.2, 0.25) is 0 Å². The van der Waals surface area contributed by atoms with E-state index in [9.17, 15) is 22.8 Å².